The zero-order valence-electron chi connectivity index (χ0n) is 26.8. The maximum absolute atomic E-state index is 15.0. The standard InChI is InChI=1S/C39H32F4N4O3/c40-19-22-50-34-18-17-27(23-32(34)39(41,42)43)28-24-33-36(44-25-28)47(37(49)46(33)26-35(48)45-20-10-21-45)38(29-11-4-1-5-12-29,30-13-6-2-7-14-30)31-15-8-3-9-16-31/h1-9,11-18,23-25H,10,19-22,26H2. The van der Waals surface area contributed by atoms with Crippen LogP contribution in [0, 0.1) is 0 Å². The van der Waals surface area contributed by atoms with Crippen molar-refractivity contribution in [1.82, 2.24) is 19.0 Å². The maximum atomic E-state index is 15.0. The van der Waals surface area contributed by atoms with Crippen molar-refractivity contribution in [2.24, 2.45) is 0 Å². The summed E-state index contributed by atoms with van der Waals surface area (Å²) in [7, 11) is 0. The zero-order valence-corrected chi connectivity index (χ0v) is 26.8. The number of amides is 1. The summed E-state index contributed by atoms with van der Waals surface area (Å²) in [6, 6.07) is 33.6. The molecule has 11 heteroatoms. The topological polar surface area (TPSA) is 69.4 Å². The molecule has 1 aliphatic rings. The Morgan fingerprint density at radius 2 is 1.36 bits per heavy atom. The van der Waals surface area contributed by atoms with E-state index in [1.54, 1.807) is 15.5 Å². The van der Waals surface area contributed by atoms with Crippen LogP contribution in [0.15, 0.2) is 126 Å². The van der Waals surface area contributed by atoms with Crippen LogP contribution in [0.3, 0.4) is 0 Å². The van der Waals surface area contributed by atoms with Gasteiger partial charge in [-0.25, -0.2) is 14.2 Å². The van der Waals surface area contributed by atoms with E-state index in [0.29, 0.717) is 13.1 Å². The van der Waals surface area contributed by atoms with Crippen molar-refractivity contribution >= 4 is 17.1 Å². The summed E-state index contributed by atoms with van der Waals surface area (Å²) >= 11 is 0. The molecule has 0 spiro atoms. The summed E-state index contributed by atoms with van der Waals surface area (Å²) < 4.78 is 63.2. The summed E-state index contributed by atoms with van der Waals surface area (Å²) in [5, 5.41) is 0. The van der Waals surface area contributed by atoms with E-state index in [-0.39, 0.29) is 34.7 Å². The van der Waals surface area contributed by atoms with Gasteiger partial charge in [-0.3, -0.25) is 13.9 Å². The minimum Gasteiger partial charge on any atom is -0.490 e. The van der Waals surface area contributed by atoms with Gasteiger partial charge in [0.1, 0.15) is 31.1 Å². The van der Waals surface area contributed by atoms with Crippen molar-refractivity contribution in [1.29, 1.82) is 0 Å². The predicted octanol–water partition coefficient (Wildman–Crippen LogP) is 7.30. The number of aromatic nitrogens is 3. The lowest BCUT2D eigenvalue weighted by molar-refractivity contribution is -0.139. The molecule has 6 aromatic rings. The number of hydrogen-bond acceptors (Lipinski definition) is 4. The summed E-state index contributed by atoms with van der Waals surface area (Å²) in [6.45, 7) is -0.595. The Bertz CT molecular complexity index is 2100. The van der Waals surface area contributed by atoms with Crippen LogP contribution in [0.25, 0.3) is 22.3 Å². The van der Waals surface area contributed by atoms with Crippen LogP contribution in [0.2, 0.25) is 0 Å². The van der Waals surface area contributed by atoms with Gasteiger partial charge in [0.2, 0.25) is 5.91 Å². The predicted molar refractivity (Wildman–Crippen MR) is 182 cm³/mol. The number of hydrogen-bond donors (Lipinski definition) is 0. The number of rotatable bonds is 10. The molecule has 0 N–H and O–H groups in total. The molecule has 0 unspecified atom stereocenters. The highest BCUT2D eigenvalue weighted by atomic mass is 19.4. The van der Waals surface area contributed by atoms with Gasteiger partial charge in [0, 0.05) is 24.8 Å². The molecule has 1 amide bonds. The van der Waals surface area contributed by atoms with Crippen LogP contribution < -0.4 is 10.4 Å². The summed E-state index contributed by atoms with van der Waals surface area (Å²) in [5.74, 6) is -0.740. The summed E-state index contributed by atoms with van der Waals surface area (Å²) in [4.78, 5) is 34.9. The van der Waals surface area contributed by atoms with Crippen molar-refractivity contribution < 1.29 is 27.1 Å². The average Bonchev–Trinajstić information content (AvgIpc) is 3.38. The first kappa shape index (κ1) is 32.8. The van der Waals surface area contributed by atoms with Gasteiger partial charge in [0.15, 0.2) is 5.65 Å². The van der Waals surface area contributed by atoms with Crippen molar-refractivity contribution in [3.63, 3.8) is 0 Å². The van der Waals surface area contributed by atoms with Gasteiger partial charge in [0.25, 0.3) is 0 Å². The van der Waals surface area contributed by atoms with Crippen LogP contribution in [0.5, 0.6) is 5.75 Å². The lowest BCUT2D eigenvalue weighted by Gasteiger charge is -2.37. The SMILES string of the molecule is O=C(Cn1c(=O)n(C(c2ccccc2)(c2ccccc2)c2ccccc2)c2ncc(-c3ccc(OCCF)c(C(F)(F)F)c3)cc21)N1CCC1. The number of likely N-dealkylation sites (tertiary alicyclic amines) is 1. The fourth-order valence-corrected chi connectivity index (χ4v) is 6.68. The molecule has 0 bridgehead atoms. The minimum atomic E-state index is -4.78. The average molecular weight is 681 g/mol. The number of benzene rings is 4. The fraction of sp³-hybridized carbons (Fsp3) is 0.205. The second-order valence-electron chi connectivity index (χ2n) is 12.1. The molecule has 50 heavy (non-hydrogen) atoms. The minimum absolute atomic E-state index is 0.153. The van der Waals surface area contributed by atoms with E-state index in [4.69, 9.17) is 9.72 Å². The number of fused-ring (bicyclic) bond motifs is 1. The van der Waals surface area contributed by atoms with E-state index < -0.39 is 42.0 Å². The second-order valence-corrected chi connectivity index (χ2v) is 12.1. The number of nitrogens with zero attached hydrogens (tertiary/aromatic N) is 4. The van der Waals surface area contributed by atoms with Gasteiger partial charge in [-0.05, 0) is 46.9 Å². The van der Waals surface area contributed by atoms with Crippen molar-refractivity contribution in [3.8, 4) is 16.9 Å². The molecule has 7 rings (SSSR count). The first-order valence-corrected chi connectivity index (χ1v) is 16.2. The van der Waals surface area contributed by atoms with Gasteiger partial charge in [-0.2, -0.15) is 13.2 Å². The van der Waals surface area contributed by atoms with E-state index >= 15 is 4.79 Å². The molecular weight excluding hydrogens is 648 g/mol. The molecular formula is C39H32F4N4O3. The lowest BCUT2D eigenvalue weighted by atomic mass is 9.76. The molecule has 0 saturated carbocycles. The van der Waals surface area contributed by atoms with Crippen LogP contribution >= 0.6 is 0 Å². The Hall–Kier alpha value is -5.71. The van der Waals surface area contributed by atoms with E-state index in [1.165, 1.54) is 16.8 Å². The molecule has 3 heterocycles. The summed E-state index contributed by atoms with van der Waals surface area (Å²) in [6.07, 6.45) is -2.50. The molecule has 7 nitrogen and oxygen atoms in total. The Morgan fingerprint density at radius 3 is 1.86 bits per heavy atom. The van der Waals surface area contributed by atoms with E-state index in [1.807, 2.05) is 91.0 Å². The molecule has 2 aromatic heterocycles. The third kappa shape index (κ3) is 5.72. The van der Waals surface area contributed by atoms with Crippen molar-refractivity contribution in [2.75, 3.05) is 26.4 Å². The van der Waals surface area contributed by atoms with Gasteiger partial charge in [0.05, 0.1) is 11.1 Å². The van der Waals surface area contributed by atoms with Crippen molar-refractivity contribution in [2.45, 2.75) is 24.7 Å². The normalized spacial score (nSPS) is 13.3. The Labute approximate surface area is 285 Å². The monoisotopic (exact) mass is 680 g/mol. The Balaban J connectivity index is 1.53. The molecule has 4 aromatic carbocycles. The third-order valence-corrected chi connectivity index (χ3v) is 9.14. The number of halogens is 4. The first-order valence-electron chi connectivity index (χ1n) is 16.2. The molecule has 0 aliphatic carbocycles. The molecule has 254 valence electrons. The Kier molecular flexibility index (Phi) is 8.73. The van der Waals surface area contributed by atoms with Gasteiger partial charge < -0.3 is 9.64 Å². The number of ether oxygens (including phenoxy) is 1. The zero-order chi connectivity index (χ0) is 34.9. The van der Waals surface area contributed by atoms with Crippen LogP contribution in [0.4, 0.5) is 17.6 Å². The lowest BCUT2D eigenvalue weighted by Crippen LogP contribution is -2.47. The van der Waals surface area contributed by atoms with Crippen molar-refractivity contribution in [3.05, 3.63) is 154 Å². The number of carbonyl (C=O) groups is 1. The smallest absolute Gasteiger partial charge is 0.419 e. The Morgan fingerprint density at radius 1 is 0.780 bits per heavy atom. The first-order chi connectivity index (χ1) is 24.2. The molecule has 0 radical (unpaired) electrons. The van der Waals surface area contributed by atoms with E-state index in [0.717, 1.165) is 35.2 Å². The number of imidazole rings is 1. The molecule has 0 atom stereocenters. The molecule has 1 aliphatic heterocycles. The van der Waals surface area contributed by atoms with Gasteiger partial charge in [-0.1, -0.05) is 97.1 Å². The quantitative estimate of drug-likeness (QED) is 0.113. The third-order valence-electron chi connectivity index (χ3n) is 9.14. The summed E-state index contributed by atoms with van der Waals surface area (Å²) in [5.41, 5.74) is 0.394. The highest BCUT2D eigenvalue weighted by molar-refractivity contribution is 5.83. The van der Waals surface area contributed by atoms with Gasteiger partial charge in [-0.15, -0.1) is 0 Å². The highest BCUT2D eigenvalue weighted by Crippen LogP contribution is 2.43. The van der Waals surface area contributed by atoms with Crippen LogP contribution in [-0.2, 0) is 23.1 Å². The highest BCUT2D eigenvalue weighted by Gasteiger charge is 2.42. The maximum Gasteiger partial charge on any atom is 0.419 e. The van der Waals surface area contributed by atoms with Crippen LogP contribution in [-0.4, -0.2) is 51.3 Å². The number of alkyl halides is 4. The largest absolute Gasteiger partial charge is 0.490 e. The fourth-order valence-electron chi connectivity index (χ4n) is 6.68. The van der Waals surface area contributed by atoms with E-state index in [2.05, 4.69) is 0 Å². The van der Waals surface area contributed by atoms with Crippen LogP contribution in [0.1, 0.15) is 28.7 Å². The molecule has 1 fully saturated rings. The molecule has 1 saturated heterocycles. The van der Waals surface area contributed by atoms with Gasteiger partial charge >= 0.3 is 11.9 Å². The van der Waals surface area contributed by atoms with E-state index in [9.17, 15) is 22.4 Å². The number of pyridine rings is 1. The second kappa shape index (κ2) is 13.3. The number of carbonyl (C=O) groups excluding carboxylic acids is 1.